The van der Waals surface area contributed by atoms with E-state index in [0.29, 0.717) is 6.04 Å². The largest absolute Gasteiger partial charge is 0.345 e. The molecule has 1 aromatic heterocycles. The lowest BCUT2D eigenvalue weighted by molar-refractivity contribution is 0.575. The fourth-order valence-corrected chi connectivity index (χ4v) is 3.62. The summed E-state index contributed by atoms with van der Waals surface area (Å²) in [6.07, 6.45) is 5.07. The van der Waals surface area contributed by atoms with E-state index in [1.54, 1.807) is 0 Å². The maximum absolute atomic E-state index is 4.82. The van der Waals surface area contributed by atoms with Crippen LogP contribution in [0.5, 0.6) is 0 Å². The molecule has 1 aliphatic carbocycles. The first kappa shape index (κ1) is 14.8. The van der Waals surface area contributed by atoms with Crippen molar-refractivity contribution in [3.05, 3.63) is 10.6 Å². The van der Waals surface area contributed by atoms with Crippen molar-refractivity contribution in [3.8, 4) is 0 Å². The Morgan fingerprint density at radius 2 is 2.11 bits per heavy atom. The van der Waals surface area contributed by atoms with Gasteiger partial charge in [0.15, 0.2) is 5.13 Å². The molecule has 1 N–H and O–H groups in total. The molecule has 0 aromatic carbocycles. The van der Waals surface area contributed by atoms with E-state index < -0.39 is 0 Å². The summed E-state index contributed by atoms with van der Waals surface area (Å²) < 4.78 is 0. The monoisotopic (exact) mass is 281 g/mol. The zero-order valence-corrected chi connectivity index (χ0v) is 13.5. The minimum absolute atomic E-state index is 0.425. The van der Waals surface area contributed by atoms with Gasteiger partial charge in [0.2, 0.25) is 0 Å². The molecule has 0 amide bonds. The maximum Gasteiger partial charge on any atom is 0.186 e. The van der Waals surface area contributed by atoms with Gasteiger partial charge in [-0.3, -0.25) is 0 Å². The van der Waals surface area contributed by atoms with Crippen LogP contribution < -0.4 is 10.2 Å². The Hall–Kier alpha value is -0.610. The van der Waals surface area contributed by atoms with Crippen molar-refractivity contribution in [2.45, 2.75) is 65.5 Å². The first-order valence-electron chi connectivity index (χ1n) is 7.64. The number of aromatic nitrogens is 1. The van der Waals surface area contributed by atoms with Crippen LogP contribution in [0, 0.1) is 6.92 Å². The van der Waals surface area contributed by atoms with E-state index in [1.807, 2.05) is 11.3 Å². The molecule has 1 atom stereocenters. The first-order valence-corrected chi connectivity index (χ1v) is 8.46. The van der Waals surface area contributed by atoms with E-state index >= 15 is 0 Å². The molecule has 1 unspecified atom stereocenters. The third kappa shape index (κ3) is 3.69. The number of hydrogen-bond acceptors (Lipinski definition) is 4. The molecule has 1 fully saturated rings. The van der Waals surface area contributed by atoms with Crippen LogP contribution in [0.1, 0.15) is 63.1 Å². The van der Waals surface area contributed by atoms with Crippen LogP contribution >= 0.6 is 11.3 Å². The molecule has 1 aromatic rings. The maximum atomic E-state index is 4.82. The van der Waals surface area contributed by atoms with Crippen molar-refractivity contribution in [2.24, 2.45) is 0 Å². The second kappa shape index (κ2) is 6.71. The van der Waals surface area contributed by atoms with Crippen LogP contribution in [0.15, 0.2) is 0 Å². The van der Waals surface area contributed by atoms with Gasteiger partial charge >= 0.3 is 0 Å². The highest BCUT2D eigenvalue weighted by Gasteiger charge is 2.31. The number of nitrogens with one attached hydrogen (secondary N) is 1. The number of rotatable bonds is 8. The average molecular weight is 281 g/mol. The fourth-order valence-electron chi connectivity index (χ4n) is 2.43. The third-order valence-electron chi connectivity index (χ3n) is 3.61. The summed E-state index contributed by atoms with van der Waals surface area (Å²) in [5.74, 6) is 0. The molecule has 1 aliphatic rings. The van der Waals surface area contributed by atoms with Crippen LogP contribution in [0.25, 0.3) is 0 Å². The van der Waals surface area contributed by atoms with E-state index in [-0.39, 0.29) is 0 Å². The van der Waals surface area contributed by atoms with Gasteiger partial charge in [-0.1, -0.05) is 13.8 Å². The summed E-state index contributed by atoms with van der Waals surface area (Å²) >= 11 is 1.89. The molecule has 0 saturated heterocycles. The highest BCUT2D eigenvalue weighted by Crippen LogP contribution is 2.37. The van der Waals surface area contributed by atoms with Crippen molar-refractivity contribution in [1.82, 2.24) is 10.3 Å². The first-order chi connectivity index (χ1) is 9.17. The number of anilines is 1. The van der Waals surface area contributed by atoms with Crippen molar-refractivity contribution in [2.75, 3.05) is 18.0 Å². The number of hydrogen-bond donors (Lipinski definition) is 1. The van der Waals surface area contributed by atoms with Crippen LogP contribution in [0.4, 0.5) is 5.13 Å². The lowest BCUT2D eigenvalue weighted by atomic mass is 10.2. The molecule has 0 radical (unpaired) electrons. The molecule has 0 bridgehead atoms. The van der Waals surface area contributed by atoms with E-state index in [0.717, 1.165) is 19.1 Å². The Bertz CT molecular complexity index is 398. The Morgan fingerprint density at radius 3 is 2.68 bits per heavy atom. The summed E-state index contributed by atoms with van der Waals surface area (Å²) in [5, 5.41) is 4.81. The number of nitrogens with zero attached hydrogens (tertiary/aromatic N) is 2. The summed E-state index contributed by atoms with van der Waals surface area (Å²) in [5.41, 5.74) is 1.21. The molecule has 4 heteroatoms. The second-order valence-corrected chi connectivity index (χ2v) is 6.56. The number of thiazole rings is 1. The van der Waals surface area contributed by atoms with Crippen molar-refractivity contribution < 1.29 is 0 Å². The number of aryl methyl sites for hydroxylation is 1. The zero-order chi connectivity index (χ0) is 13.8. The highest BCUT2D eigenvalue weighted by molar-refractivity contribution is 7.15. The summed E-state index contributed by atoms with van der Waals surface area (Å²) in [7, 11) is 0. The SMILES string of the molecule is CCCNC(C)c1sc(N(CCC)C2CC2)nc1C. The Morgan fingerprint density at radius 1 is 1.37 bits per heavy atom. The molecular weight excluding hydrogens is 254 g/mol. The normalized spacial score (nSPS) is 16.6. The van der Waals surface area contributed by atoms with Crippen LogP contribution in [-0.2, 0) is 0 Å². The van der Waals surface area contributed by atoms with E-state index in [2.05, 4.69) is 37.9 Å². The van der Waals surface area contributed by atoms with Gasteiger partial charge in [0.05, 0.1) is 5.69 Å². The molecule has 19 heavy (non-hydrogen) atoms. The van der Waals surface area contributed by atoms with E-state index in [1.165, 1.54) is 41.4 Å². The van der Waals surface area contributed by atoms with Gasteiger partial charge in [0.1, 0.15) is 0 Å². The quantitative estimate of drug-likeness (QED) is 0.783. The van der Waals surface area contributed by atoms with Gasteiger partial charge in [-0.2, -0.15) is 0 Å². The predicted molar refractivity (Wildman–Crippen MR) is 84.2 cm³/mol. The Kier molecular flexibility index (Phi) is 5.22. The molecule has 2 rings (SSSR count). The fraction of sp³-hybridized carbons (Fsp3) is 0.800. The lowest BCUT2D eigenvalue weighted by Gasteiger charge is -2.20. The van der Waals surface area contributed by atoms with Gasteiger partial charge in [-0.05, 0) is 46.1 Å². The van der Waals surface area contributed by atoms with Crippen LogP contribution in [0.2, 0.25) is 0 Å². The minimum atomic E-state index is 0.425. The van der Waals surface area contributed by atoms with Crippen molar-refractivity contribution in [3.63, 3.8) is 0 Å². The Balaban J connectivity index is 2.09. The highest BCUT2D eigenvalue weighted by atomic mass is 32.1. The predicted octanol–water partition coefficient (Wildman–Crippen LogP) is 3.89. The molecule has 108 valence electrons. The van der Waals surface area contributed by atoms with Gasteiger partial charge in [-0.15, -0.1) is 11.3 Å². The summed E-state index contributed by atoms with van der Waals surface area (Å²) in [4.78, 5) is 8.75. The Labute approximate surface area is 121 Å². The van der Waals surface area contributed by atoms with E-state index in [4.69, 9.17) is 4.98 Å². The molecule has 3 nitrogen and oxygen atoms in total. The topological polar surface area (TPSA) is 28.2 Å². The smallest absolute Gasteiger partial charge is 0.186 e. The molecule has 1 heterocycles. The standard InChI is InChI=1S/C15H27N3S/c1-5-9-16-11(3)14-12(4)17-15(19-14)18(10-6-2)13-7-8-13/h11,13,16H,5-10H2,1-4H3. The third-order valence-corrected chi connectivity index (χ3v) is 4.99. The summed E-state index contributed by atoms with van der Waals surface area (Å²) in [6, 6.07) is 1.19. The van der Waals surface area contributed by atoms with Crippen LogP contribution in [0.3, 0.4) is 0 Å². The van der Waals surface area contributed by atoms with Gasteiger partial charge in [0, 0.05) is 23.5 Å². The van der Waals surface area contributed by atoms with Crippen molar-refractivity contribution in [1.29, 1.82) is 0 Å². The van der Waals surface area contributed by atoms with Crippen molar-refractivity contribution >= 4 is 16.5 Å². The molecule has 1 saturated carbocycles. The van der Waals surface area contributed by atoms with Crippen LogP contribution in [-0.4, -0.2) is 24.1 Å². The molecular formula is C15H27N3S. The van der Waals surface area contributed by atoms with Gasteiger partial charge in [0.25, 0.3) is 0 Å². The molecule has 0 spiro atoms. The lowest BCUT2D eigenvalue weighted by Crippen LogP contribution is -2.26. The van der Waals surface area contributed by atoms with Gasteiger partial charge < -0.3 is 10.2 Å². The van der Waals surface area contributed by atoms with Gasteiger partial charge in [-0.25, -0.2) is 4.98 Å². The second-order valence-electron chi connectivity index (χ2n) is 5.55. The summed E-state index contributed by atoms with van der Waals surface area (Å²) in [6.45, 7) is 11.1. The van der Waals surface area contributed by atoms with E-state index in [9.17, 15) is 0 Å². The minimum Gasteiger partial charge on any atom is -0.345 e. The average Bonchev–Trinajstić information content (AvgIpc) is 3.16. The zero-order valence-electron chi connectivity index (χ0n) is 12.7. The molecule has 0 aliphatic heterocycles.